The molecule has 1 aromatic carbocycles. The number of ether oxygens (including phenoxy) is 1. The van der Waals surface area contributed by atoms with E-state index in [-0.39, 0.29) is 5.11 Å². The topological polar surface area (TPSA) is 63.2 Å². The normalized spacial score (nSPS) is 11.5. The minimum absolute atomic E-state index is 0.118. The summed E-state index contributed by atoms with van der Waals surface area (Å²) in [6.45, 7) is 1.58. The van der Waals surface area contributed by atoms with Gasteiger partial charge in [0.15, 0.2) is 11.2 Å². The number of hydrogen-bond donors (Lipinski definition) is 2. The molecule has 0 saturated carbocycles. The minimum Gasteiger partial charge on any atom is -0.479 e. The molecule has 2 rings (SSSR count). The number of rotatable bonds is 4. The van der Waals surface area contributed by atoms with Gasteiger partial charge in [0.1, 0.15) is 11.6 Å². The molecule has 0 aliphatic heterocycles. The second-order valence-corrected chi connectivity index (χ2v) is 6.81. The first-order valence-corrected chi connectivity index (χ1v) is 8.66. The molecule has 1 atom stereocenters. The lowest BCUT2D eigenvalue weighted by Gasteiger charge is -2.16. The predicted molar refractivity (Wildman–Crippen MR) is 103 cm³/mol. The van der Waals surface area contributed by atoms with Crippen LogP contribution in [0.1, 0.15) is 6.92 Å². The van der Waals surface area contributed by atoms with Gasteiger partial charge in [-0.25, -0.2) is 4.98 Å². The van der Waals surface area contributed by atoms with Crippen molar-refractivity contribution in [3.05, 3.63) is 51.0 Å². The molecule has 0 aliphatic carbocycles. The summed E-state index contributed by atoms with van der Waals surface area (Å²) >= 11 is 20.2. The highest BCUT2D eigenvalue weighted by atomic mass is 79.9. The SMILES string of the molecule is CC(Oc1ccc(Cl)cc1Cl)C(=O)NC(=S)Nc1ccc(Br)cn1. The molecule has 5 nitrogen and oxygen atoms in total. The number of thiocarbonyl (C=S) groups is 1. The van der Waals surface area contributed by atoms with Crippen molar-refractivity contribution in [2.75, 3.05) is 5.32 Å². The number of pyridine rings is 1. The second-order valence-electron chi connectivity index (χ2n) is 4.64. The molecule has 0 radical (unpaired) electrons. The summed E-state index contributed by atoms with van der Waals surface area (Å²) in [7, 11) is 0. The van der Waals surface area contributed by atoms with Crippen LogP contribution in [0.25, 0.3) is 0 Å². The number of halogens is 3. The Bertz CT molecular complexity index is 759. The number of hydrogen-bond acceptors (Lipinski definition) is 4. The second kappa shape index (κ2) is 8.62. The van der Waals surface area contributed by atoms with E-state index >= 15 is 0 Å². The minimum atomic E-state index is -0.804. The summed E-state index contributed by atoms with van der Waals surface area (Å²) in [5.41, 5.74) is 0. The number of aromatic nitrogens is 1. The van der Waals surface area contributed by atoms with E-state index in [9.17, 15) is 4.79 Å². The van der Waals surface area contributed by atoms with Gasteiger partial charge in [0.05, 0.1) is 5.02 Å². The Balaban J connectivity index is 1.90. The molecule has 126 valence electrons. The summed E-state index contributed by atoms with van der Waals surface area (Å²) in [6.07, 6.45) is 0.808. The fraction of sp³-hybridized carbons (Fsp3) is 0.133. The van der Waals surface area contributed by atoms with E-state index in [0.29, 0.717) is 21.6 Å². The van der Waals surface area contributed by atoms with Crippen LogP contribution in [0, 0.1) is 0 Å². The summed E-state index contributed by atoms with van der Waals surface area (Å²) in [4.78, 5) is 16.2. The molecule has 1 heterocycles. The number of carbonyl (C=O) groups is 1. The third kappa shape index (κ3) is 5.59. The van der Waals surface area contributed by atoms with Crippen molar-refractivity contribution in [2.45, 2.75) is 13.0 Å². The van der Waals surface area contributed by atoms with E-state index in [0.717, 1.165) is 4.47 Å². The van der Waals surface area contributed by atoms with E-state index in [2.05, 4.69) is 31.5 Å². The van der Waals surface area contributed by atoms with Crippen LogP contribution in [0.3, 0.4) is 0 Å². The van der Waals surface area contributed by atoms with E-state index in [4.69, 9.17) is 40.2 Å². The van der Waals surface area contributed by atoms with Crippen molar-refractivity contribution in [2.24, 2.45) is 0 Å². The number of benzene rings is 1. The molecule has 1 unspecified atom stereocenters. The van der Waals surface area contributed by atoms with Gasteiger partial charge in [0.2, 0.25) is 0 Å². The van der Waals surface area contributed by atoms with Crippen molar-refractivity contribution in [3.63, 3.8) is 0 Å². The molecule has 24 heavy (non-hydrogen) atoms. The zero-order valence-electron chi connectivity index (χ0n) is 12.3. The maximum atomic E-state index is 12.1. The van der Waals surface area contributed by atoms with Crippen LogP contribution >= 0.6 is 51.3 Å². The fourth-order valence-electron chi connectivity index (χ4n) is 1.63. The molecule has 1 aromatic heterocycles. The highest BCUT2D eigenvalue weighted by molar-refractivity contribution is 9.10. The van der Waals surface area contributed by atoms with Gasteiger partial charge in [-0.3, -0.25) is 10.1 Å². The Morgan fingerprint density at radius 1 is 1.33 bits per heavy atom. The van der Waals surface area contributed by atoms with Crippen LogP contribution in [0.4, 0.5) is 5.82 Å². The number of nitrogens with one attached hydrogen (secondary N) is 2. The van der Waals surface area contributed by atoms with Gasteiger partial charge in [-0.15, -0.1) is 0 Å². The third-order valence-corrected chi connectivity index (χ3v) is 3.98. The number of nitrogens with zero attached hydrogens (tertiary/aromatic N) is 1. The Morgan fingerprint density at radius 3 is 2.71 bits per heavy atom. The van der Waals surface area contributed by atoms with Crippen LogP contribution in [0.15, 0.2) is 41.0 Å². The largest absolute Gasteiger partial charge is 0.479 e. The molecule has 2 aromatic rings. The van der Waals surface area contributed by atoms with Crippen LogP contribution in [0.2, 0.25) is 10.0 Å². The monoisotopic (exact) mass is 447 g/mol. The molecule has 9 heteroatoms. The lowest BCUT2D eigenvalue weighted by molar-refractivity contribution is -0.125. The lowest BCUT2D eigenvalue weighted by atomic mass is 10.3. The maximum Gasteiger partial charge on any atom is 0.266 e. The Hall–Kier alpha value is -1.41. The van der Waals surface area contributed by atoms with Crippen LogP contribution in [0.5, 0.6) is 5.75 Å². The van der Waals surface area contributed by atoms with E-state index < -0.39 is 12.0 Å². The number of carbonyl (C=O) groups excluding carboxylic acids is 1. The standard InChI is InChI=1S/C15H12BrCl2N3O2S/c1-8(23-12-4-3-10(17)6-11(12)18)14(22)21-15(24)20-13-5-2-9(16)7-19-13/h2-8H,1H3,(H2,19,20,21,22,24). The van der Waals surface area contributed by atoms with Crippen LogP contribution in [-0.4, -0.2) is 22.1 Å². The average Bonchev–Trinajstić information content (AvgIpc) is 2.52. The quantitative estimate of drug-likeness (QED) is 0.677. The van der Waals surface area contributed by atoms with Crippen molar-refractivity contribution in [3.8, 4) is 5.75 Å². The van der Waals surface area contributed by atoms with Gasteiger partial charge in [-0.2, -0.15) is 0 Å². The predicted octanol–water partition coefficient (Wildman–Crippen LogP) is 4.43. The zero-order valence-corrected chi connectivity index (χ0v) is 16.3. The number of anilines is 1. The van der Waals surface area contributed by atoms with E-state index in [1.807, 2.05) is 0 Å². The van der Waals surface area contributed by atoms with Crippen molar-refractivity contribution >= 4 is 68.2 Å². The average molecular weight is 449 g/mol. The summed E-state index contributed by atoms with van der Waals surface area (Å²) in [5.74, 6) is 0.450. The third-order valence-electron chi connectivity index (χ3n) is 2.77. The fourth-order valence-corrected chi connectivity index (χ4v) is 2.52. The smallest absolute Gasteiger partial charge is 0.266 e. The molecule has 0 fully saturated rings. The lowest BCUT2D eigenvalue weighted by Crippen LogP contribution is -2.42. The highest BCUT2D eigenvalue weighted by Crippen LogP contribution is 2.28. The Labute approximate surface area is 162 Å². The van der Waals surface area contributed by atoms with Crippen molar-refractivity contribution < 1.29 is 9.53 Å². The van der Waals surface area contributed by atoms with Gasteiger partial charge in [0, 0.05) is 15.7 Å². The molecule has 0 bridgehead atoms. The summed E-state index contributed by atoms with van der Waals surface area (Å²) in [5, 5.41) is 6.26. The summed E-state index contributed by atoms with van der Waals surface area (Å²) < 4.78 is 6.35. The van der Waals surface area contributed by atoms with Gasteiger partial charge in [-0.05, 0) is 65.4 Å². The molecular weight excluding hydrogens is 437 g/mol. The van der Waals surface area contributed by atoms with Crippen LogP contribution < -0.4 is 15.4 Å². The van der Waals surface area contributed by atoms with Crippen molar-refractivity contribution in [1.82, 2.24) is 10.3 Å². The first kappa shape index (κ1) is 18.9. The van der Waals surface area contributed by atoms with Gasteiger partial charge < -0.3 is 10.1 Å². The first-order valence-electron chi connectivity index (χ1n) is 6.70. The van der Waals surface area contributed by atoms with Gasteiger partial charge in [-0.1, -0.05) is 23.2 Å². The molecular formula is C15H12BrCl2N3O2S. The summed E-state index contributed by atoms with van der Waals surface area (Å²) in [6, 6.07) is 8.27. The molecule has 1 amide bonds. The van der Waals surface area contributed by atoms with E-state index in [1.165, 1.54) is 6.07 Å². The molecule has 0 aliphatic rings. The number of amides is 1. The molecule has 0 spiro atoms. The Morgan fingerprint density at radius 2 is 2.08 bits per heavy atom. The molecule has 0 saturated heterocycles. The van der Waals surface area contributed by atoms with Crippen LogP contribution in [-0.2, 0) is 4.79 Å². The maximum absolute atomic E-state index is 12.1. The van der Waals surface area contributed by atoms with E-state index in [1.54, 1.807) is 37.4 Å². The van der Waals surface area contributed by atoms with Gasteiger partial charge >= 0.3 is 0 Å². The highest BCUT2D eigenvalue weighted by Gasteiger charge is 2.17. The first-order chi connectivity index (χ1) is 11.3. The zero-order chi connectivity index (χ0) is 17.7. The van der Waals surface area contributed by atoms with Gasteiger partial charge in [0.25, 0.3) is 5.91 Å². The molecule has 2 N–H and O–H groups in total. The van der Waals surface area contributed by atoms with Crippen molar-refractivity contribution in [1.29, 1.82) is 0 Å². The Kier molecular flexibility index (Phi) is 6.79.